The number of ether oxygens (including phenoxy) is 1. The number of hydrogen-bond donors (Lipinski definition) is 1. The van der Waals surface area contributed by atoms with E-state index in [1.165, 1.54) is 17.2 Å². The third-order valence-electron chi connectivity index (χ3n) is 4.84. The van der Waals surface area contributed by atoms with Gasteiger partial charge in [0.1, 0.15) is 5.82 Å². The molecule has 1 N–H and O–H groups in total. The average Bonchev–Trinajstić information content (AvgIpc) is 3.11. The normalized spacial score (nSPS) is 16.5. The van der Waals surface area contributed by atoms with Crippen molar-refractivity contribution in [2.45, 2.75) is 39.3 Å². The van der Waals surface area contributed by atoms with Gasteiger partial charge in [-0.1, -0.05) is 24.3 Å². The van der Waals surface area contributed by atoms with Crippen molar-refractivity contribution in [3.05, 3.63) is 65.0 Å². The van der Waals surface area contributed by atoms with E-state index in [0.717, 1.165) is 30.7 Å². The molecule has 0 spiro atoms. The molecule has 2 aromatic carbocycles. The Kier molecular flexibility index (Phi) is 6.22. The van der Waals surface area contributed by atoms with Crippen molar-refractivity contribution >= 4 is 23.0 Å². The van der Waals surface area contributed by atoms with Crippen LogP contribution < -0.4 is 5.32 Å². The molecule has 1 atom stereocenters. The molecule has 3 rings (SSSR count). The average molecular weight is 373 g/mol. The van der Waals surface area contributed by atoms with Crippen molar-refractivity contribution in [2.24, 2.45) is 0 Å². The third kappa shape index (κ3) is 4.80. The molecule has 0 radical (unpaired) electrons. The molecular weight excluding hydrogens is 347 g/mol. The highest BCUT2D eigenvalue weighted by Crippen LogP contribution is 2.20. The first kappa shape index (κ1) is 18.8. The summed E-state index contributed by atoms with van der Waals surface area (Å²) in [6.45, 7) is 6.22. The molecule has 0 saturated carbocycles. The number of thiocarbonyl (C=S) groups is 1. The Morgan fingerprint density at radius 2 is 2.08 bits per heavy atom. The summed E-state index contributed by atoms with van der Waals surface area (Å²) in [6, 6.07) is 12.8. The molecular formula is C21H25FN2OS. The maximum absolute atomic E-state index is 13.6. The van der Waals surface area contributed by atoms with Crippen LogP contribution in [-0.4, -0.2) is 29.3 Å². The molecule has 0 bridgehead atoms. The van der Waals surface area contributed by atoms with Crippen LogP contribution >= 0.6 is 12.2 Å². The molecule has 138 valence electrons. The summed E-state index contributed by atoms with van der Waals surface area (Å²) in [7, 11) is 0. The van der Waals surface area contributed by atoms with E-state index in [4.69, 9.17) is 17.0 Å². The number of rotatable bonds is 5. The molecule has 1 aliphatic rings. The molecule has 0 amide bonds. The van der Waals surface area contributed by atoms with E-state index in [2.05, 4.69) is 30.1 Å². The fraction of sp³-hybridized carbons (Fsp3) is 0.381. The van der Waals surface area contributed by atoms with Crippen LogP contribution in [-0.2, 0) is 11.3 Å². The standard InChI is InChI=1S/C21H25FN2OS/c1-15-6-3-10-20(16(15)2)23-21(26)24(14-19-9-5-11-25-19)13-17-7-4-8-18(22)12-17/h3-4,6-8,10,12,19H,5,9,11,13-14H2,1-2H3,(H,23,26). The van der Waals surface area contributed by atoms with E-state index in [-0.39, 0.29) is 11.9 Å². The lowest BCUT2D eigenvalue weighted by atomic mass is 10.1. The first-order valence-corrected chi connectivity index (χ1v) is 9.42. The van der Waals surface area contributed by atoms with Crippen molar-refractivity contribution in [1.82, 2.24) is 4.90 Å². The SMILES string of the molecule is Cc1cccc(NC(=S)N(Cc2cccc(F)c2)CC2CCCO2)c1C. The number of aryl methyl sites for hydroxylation is 1. The number of benzene rings is 2. The van der Waals surface area contributed by atoms with E-state index in [0.29, 0.717) is 18.2 Å². The number of nitrogens with one attached hydrogen (secondary N) is 1. The van der Waals surface area contributed by atoms with Gasteiger partial charge in [-0.3, -0.25) is 0 Å². The molecule has 3 nitrogen and oxygen atoms in total. The Bertz CT molecular complexity index is 774. The van der Waals surface area contributed by atoms with Crippen molar-refractivity contribution in [2.75, 3.05) is 18.5 Å². The Labute approximate surface area is 160 Å². The minimum absolute atomic E-state index is 0.168. The van der Waals surface area contributed by atoms with Gasteiger partial charge in [0.15, 0.2) is 5.11 Å². The van der Waals surface area contributed by atoms with Gasteiger partial charge < -0.3 is 15.0 Å². The predicted octanol–water partition coefficient (Wildman–Crippen LogP) is 4.82. The van der Waals surface area contributed by atoms with Crippen LogP contribution in [0.15, 0.2) is 42.5 Å². The summed E-state index contributed by atoms with van der Waals surface area (Å²) in [4.78, 5) is 2.07. The monoisotopic (exact) mass is 372 g/mol. The maximum atomic E-state index is 13.6. The smallest absolute Gasteiger partial charge is 0.173 e. The largest absolute Gasteiger partial charge is 0.376 e. The quantitative estimate of drug-likeness (QED) is 0.761. The van der Waals surface area contributed by atoms with Crippen molar-refractivity contribution in [1.29, 1.82) is 0 Å². The minimum Gasteiger partial charge on any atom is -0.376 e. The van der Waals surface area contributed by atoms with Crippen molar-refractivity contribution in [3.8, 4) is 0 Å². The second kappa shape index (κ2) is 8.60. The summed E-state index contributed by atoms with van der Waals surface area (Å²) in [5, 5.41) is 4.01. The third-order valence-corrected chi connectivity index (χ3v) is 5.20. The Balaban J connectivity index is 1.76. The Morgan fingerprint density at radius 1 is 1.27 bits per heavy atom. The molecule has 26 heavy (non-hydrogen) atoms. The Morgan fingerprint density at radius 3 is 2.81 bits per heavy atom. The van der Waals surface area contributed by atoms with E-state index in [1.807, 2.05) is 18.2 Å². The molecule has 0 aliphatic carbocycles. The zero-order valence-corrected chi connectivity index (χ0v) is 16.1. The first-order chi connectivity index (χ1) is 12.5. The van der Waals surface area contributed by atoms with Crippen LogP contribution in [0.3, 0.4) is 0 Å². The first-order valence-electron chi connectivity index (χ1n) is 9.01. The lowest BCUT2D eigenvalue weighted by Crippen LogP contribution is -2.39. The molecule has 1 heterocycles. The van der Waals surface area contributed by atoms with Gasteiger partial charge >= 0.3 is 0 Å². The van der Waals surface area contributed by atoms with E-state index in [9.17, 15) is 4.39 Å². The van der Waals surface area contributed by atoms with E-state index < -0.39 is 0 Å². The van der Waals surface area contributed by atoms with Gasteiger partial charge in [-0.2, -0.15) is 0 Å². The van der Waals surface area contributed by atoms with Crippen LogP contribution in [0, 0.1) is 19.7 Å². The van der Waals surface area contributed by atoms with Gasteiger partial charge in [-0.25, -0.2) is 4.39 Å². The van der Waals surface area contributed by atoms with Gasteiger partial charge in [-0.15, -0.1) is 0 Å². The summed E-state index contributed by atoms with van der Waals surface area (Å²) < 4.78 is 19.4. The zero-order chi connectivity index (χ0) is 18.5. The molecule has 1 fully saturated rings. The van der Waals surface area contributed by atoms with Gasteiger partial charge in [0.2, 0.25) is 0 Å². The second-order valence-corrected chi connectivity index (χ2v) is 7.21. The fourth-order valence-electron chi connectivity index (χ4n) is 3.19. The summed E-state index contributed by atoms with van der Waals surface area (Å²) in [5.74, 6) is -0.229. The maximum Gasteiger partial charge on any atom is 0.173 e. The van der Waals surface area contributed by atoms with Crippen LogP contribution in [0.2, 0.25) is 0 Å². The molecule has 1 unspecified atom stereocenters. The van der Waals surface area contributed by atoms with Crippen LogP contribution in [0.1, 0.15) is 29.5 Å². The van der Waals surface area contributed by atoms with Crippen LogP contribution in [0.4, 0.5) is 10.1 Å². The molecule has 1 aliphatic heterocycles. The Hall–Kier alpha value is -1.98. The summed E-state index contributed by atoms with van der Waals surface area (Å²) >= 11 is 5.69. The molecule has 0 aromatic heterocycles. The number of anilines is 1. The van der Waals surface area contributed by atoms with Crippen molar-refractivity contribution < 1.29 is 9.13 Å². The highest BCUT2D eigenvalue weighted by Gasteiger charge is 2.21. The van der Waals surface area contributed by atoms with E-state index >= 15 is 0 Å². The summed E-state index contributed by atoms with van der Waals surface area (Å²) in [5.41, 5.74) is 4.30. The van der Waals surface area contributed by atoms with Gasteiger partial charge in [0.25, 0.3) is 0 Å². The van der Waals surface area contributed by atoms with Crippen molar-refractivity contribution in [3.63, 3.8) is 0 Å². The van der Waals surface area contributed by atoms with Gasteiger partial charge in [-0.05, 0) is 73.8 Å². The number of halogens is 1. The fourth-order valence-corrected chi connectivity index (χ4v) is 3.44. The lowest BCUT2D eigenvalue weighted by Gasteiger charge is -2.29. The molecule has 5 heteroatoms. The van der Waals surface area contributed by atoms with Crippen LogP contribution in [0.5, 0.6) is 0 Å². The molecule has 1 saturated heterocycles. The number of nitrogens with zero attached hydrogens (tertiary/aromatic N) is 1. The van der Waals surface area contributed by atoms with E-state index in [1.54, 1.807) is 12.1 Å². The minimum atomic E-state index is -0.229. The van der Waals surface area contributed by atoms with Crippen LogP contribution in [0.25, 0.3) is 0 Å². The zero-order valence-electron chi connectivity index (χ0n) is 15.3. The highest BCUT2D eigenvalue weighted by atomic mass is 32.1. The second-order valence-electron chi connectivity index (χ2n) is 6.82. The lowest BCUT2D eigenvalue weighted by molar-refractivity contribution is 0.0905. The topological polar surface area (TPSA) is 24.5 Å². The highest BCUT2D eigenvalue weighted by molar-refractivity contribution is 7.80. The van der Waals surface area contributed by atoms with Gasteiger partial charge in [0, 0.05) is 25.4 Å². The number of hydrogen-bond acceptors (Lipinski definition) is 2. The summed E-state index contributed by atoms with van der Waals surface area (Å²) in [6.07, 6.45) is 2.28. The predicted molar refractivity (Wildman–Crippen MR) is 108 cm³/mol. The molecule has 2 aromatic rings. The van der Waals surface area contributed by atoms with Gasteiger partial charge in [0.05, 0.1) is 6.10 Å².